The van der Waals surface area contributed by atoms with E-state index in [2.05, 4.69) is 21.4 Å². The standard InChI is InChI=1S/C25H22N4O4S/c1-3-33-21-11-15(7-8-18(21)25(30)31)19-12-23(29-14-28-19)27-10-9-16-17-5-4-6-20(32-2)24(17)34-22(16)13-26/h4-8,11-12,14H,3,9-10H2,1-2H3,(H,30,31)(H,27,28,29). The molecular weight excluding hydrogens is 452 g/mol. The summed E-state index contributed by atoms with van der Waals surface area (Å²) in [6.07, 6.45) is 2.09. The van der Waals surface area contributed by atoms with E-state index < -0.39 is 5.97 Å². The van der Waals surface area contributed by atoms with E-state index in [1.807, 2.05) is 18.2 Å². The number of carboxylic acid groups (broad SMARTS) is 1. The summed E-state index contributed by atoms with van der Waals surface area (Å²) in [7, 11) is 1.63. The Hall–Kier alpha value is -4.16. The highest BCUT2D eigenvalue weighted by molar-refractivity contribution is 7.20. The summed E-state index contributed by atoms with van der Waals surface area (Å²) in [5, 5.41) is 23.3. The van der Waals surface area contributed by atoms with Gasteiger partial charge in [0, 0.05) is 23.6 Å². The molecule has 0 spiro atoms. The zero-order valence-electron chi connectivity index (χ0n) is 18.7. The number of carbonyl (C=O) groups is 1. The fraction of sp³-hybridized carbons (Fsp3) is 0.200. The van der Waals surface area contributed by atoms with Crippen molar-refractivity contribution in [2.75, 3.05) is 25.6 Å². The number of hydrogen-bond acceptors (Lipinski definition) is 8. The van der Waals surface area contributed by atoms with E-state index >= 15 is 0 Å². The predicted octanol–water partition coefficient (Wildman–Crippen LogP) is 4.99. The highest BCUT2D eigenvalue weighted by Gasteiger charge is 2.16. The maximum atomic E-state index is 11.4. The molecule has 34 heavy (non-hydrogen) atoms. The number of benzene rings is 2. The van der Waals surface area contributed by atoms with E-state index in [0.29, 0.717) is 41.7 Å². The molecule has 0 fully saturated rings. The van der Waals surface area contributed by atoms with Gasteiger partial charge in [-0.1, -0.05) is 18.2 Å². The first kappa shape index (κ1) is 23.0. The Kier molecular flexibility index (Phi) is 6.90. The minimum atomic E-state index is -1.05. The smallest absolute Gasteiger partial charge is 0.339 e. The summed E-state index contributed by atoms with van der Waals surface area (Å²) < 4.78 is 11.9. The van der Waals surface area contributed by atoms with Gasteiger partial charge in [-0.15, -0.1) is 11.3 Å². The van der Waals surface area contributed by atoms with Crippen molar-refractivity contribution in [2.45, 2.75) is 13.3 Å². The number of nitrogens with zero attached hydrogens (tertiary/aromatic N) is 3. The molecule has 0 aliphatic carbocycles. The number of thiophene rings is 1. The number of aromatic carboxylic acids is 1. The average molecular weight is 475 g/mol. The third-order valence-corrected chi connectivity index (χ3v) is 6.43. The molecule has 4 aromatic rings. The number of nitriles is 1. The molecule has 0 saturated heterocycles. The van der Waals surface area contributed by atoms with Crippen molar-refractivity contribution in [2.24, 2.45) is 0 Å². The van der Waals surface area contributed by atoms with E-state index in [-0.39, 0.29) is 5.56 Å². The first-order chi connectivity index (χ1) is 16.5. The van der Waals surface area contributed by atoms with Gasteiger partial charge in [-0.25, -0.2) is 14.8 Å². The second kappa shape index (κ2) is 10.2. The van der Waals surface area contributed by atoms with Gasteiger partial charge in [0.25, 0.3) is 0 Å². The molecule has 2 N–H and O–H groups in total. The van der Waals surface area contributed by atoms with Gasteiger partial charge in [-0.2, -0.15) is 5.26 Å². The Morgan fingerprint density at radius 1 is 1.21 bits per heavy atom. The fourth-order valence-electron chi connectivity index (χ4n) is 3.70. The lowest BCUT2D eigenvalue weighted by Gasteiger charge is -2.11. The summed E-state index contributed by atoms with van der Waals surface area (Å²) in [6.45, 7) is 2.72. The van der Waals surface area contributed by atoms with Crippen LogP contribution < -0.4 is 14.8 Å². The van der Waals surface area contributed by atoms with Crippen molar-refractivity contribution in [3.8, 4) is 28.8 Å². The molecule has 2 aromatic heterocycles. The Morgan fingerprint density at radius 3 is 2.79 bits per heavy atom. The number of anilines is 1. The van der Waals surface area contributed by atoms with Crippen LogP contribution in [0.1, 0.15) is 27.7 Å². The molecule has 0 aliphatic rings. The lowest BCUT2D eigenvalue weighted by Crippen LogP contribution is -2.07. The topological polar surface area (TPSA) is 117 Å². The number of carboxylic acids is 1. The second-order valence-corrected chi connectivity index (χ2v) is 8.29. The largest absolute Gasteiger partial charge is 0.495 e. The first-order valence-corrected chi connectivity index (χ1v) is 11.4. The molecule has 2 heterocycles. The number of nitrogens with one attached hydrogen (secondary N) is 1. The zero-order valence-corrected chi connectivity index (χ0v) is 19.5. The third kappa shape index (κ3) is 4.63. The number of hydrogen-bond donors (Lipinski definition) is 2. The Balaban J connectivity index is 1.53. The first-order valence-electron chi connectivity index (χ1n) is 10.6. The van der Waals surface area contributed by atoms with Crippen molar-refractivity contribution < 1.29 is 19.4 Å². The van der Waals surface area contributed by atoms with E-state index in [1.54, 1.807) is 32.2 Å². The summed E-state index contributed by atoms with van der Waals surface area (Å²) in [5.41, 5.74) is 2.44. The normalized spacial score (nSPS) is 10.6. The van der Waals surface area contributed by atoms with Crippen LogP contribution in [-0.4, -0.2) is 41.3 Å². The molecule has 4 rings (SSSR count). The van der Waals surface area contributed by atoms with Crippen LogP contribution in [0.5, 0.6) is 11.5 Å². The van der Waals surface area contributed by atoms with E-state index in [0.717, 1.165) is 27.0 Å². The quantitative estimate of drug-likeness (QED) is 0.348. The molecule has 2 aromatic carbocycles. The van der Waals surface area contributed by atoms with Gasteiger partial charge >= 0.3 is 5.97 Å². The lowest BCUT2D eigenvalue weighted by atomic mass is 10.1. The molecule has 9 heteroatoms. The monoisotopic (exact) mass is 474 g/mol. The van der Waals surface area contributed by atoms with Crippen molar-refractivity contribution in [3.05, 3.63) is 64.8 Å². The lowest BCUT2D eigenvalue weighted by molar-refractivity contribution is 0.0692. The molecule has 0 saturated carbocycles. The van der Waals surface area contributed by atoms with Gasteiger partial charge in [0.05, 0.1) is 24.1 Å². The van der Waals surface area contributed by atoms with Crippen molar-refractivity contribution >= 4 is 33.2 Å². The molecule has 172 valence electrons. The maximum absolute atomic E-state index is 11.4. The van der Waals surface area contributed by atoms with Gasteiger partial charge in [-0.3, -0.25) is 0 Å². The molecule has 0 unspecified atom stereocenters. The SMILES string of the molecule is CCOc1cc(-c2cc(NCCc3c(C#N)sc4c(OC)cccc34)ncn2)ccc1C(=O)O. The van der Waals surface area contributed by atoms with E-state index in [1.165, 1.54) is 23.7 Å². The van der Waals surface area contributed by atoms with Crippen LogP contribution in [0.3, 0.4) is 0 Å². The van der Waals surface area contributed by atoms with Crippen molar-refractivity contribution in [1.82, 2.24) is 9.97 Å². The van der Waals surface area contributed by atoms with Gasteiger partial charge in [0.2, 0.25) is 0 Å². The fourth-order valence-corrected chi connectivity index (χ4v) is 4.84. The molecule has 0 bridgehead atoms. The number of methoxy groups -OCH3 is 1. The predicted molar refractivity (Wildman–Crippen MR) is 131 cm³/mol. The van der Waals surface area contributed by atoms with Crippen LogP contribution >= 0.6 is 11.3 Å². The summed E-state index contributed by atoms with van der Waals surface area (Å²) in [4.78, 5) is 20.7. The van der Waals surface area contributed by atoms with E-state index in [9.17, 15) is 15.2 Å². The Bertz CT molecular complexity index is 1390. The van der Waals surface area contributed by atoms with Crippen LogP contribution in [0.25, 0.3) is 21.3 Å². The van der Waals surface area contributed by atoms with Crippen LogP contribution in [-0.2, 0) is 6.42 Å². The third-order valence-electron chi connectivity index (χ3n) is 5.26. The molecule has 0 radical (unpaired) electrons. The van der Waals surface area contributed by atoms with E-state index in [4.69, 9.17) is 9.47 Å². The van der Waals surface area contributed by atoms with Crippen molar-refractivity contribution in [1.29, 1.82) is 5.26 Å². The minimum absolute atomic E-state index is 0.103. The molecule has 0 amide bonds. The van der Waals surface area contributed by atoms with Crippen LogP contribution in [0.4, 0.5) is 5.82 Å². The van der Waals surface area contributed by atoms with Crippen LogP contribution in [0.2, 0.25) is 0 Å². The highest BCUT2D eigenvalue weighted by atomic mass is 32.1. The average Bonchev–Trinajstić information content (AvgIpc) is 3.22. The number of fused-ring (bicyclic) bond motifs is 1. The van der Waals surface area contributed by atoms with Crippen molar-refractivity contribution in [3.63, 3.8) is 0 Å². The summed E-state index contributed by atoms with van der Waals surface area (Å²) in [6, 6.07) is 14.8. The number of aromatic nitrogens is 2. The summed E-state index contributed by atoms with van der Waals surface area (Å²) in [5.74, 6) is 0.639. The highest BCUT2D eigenvalue weighted by Crippen LogP contribution is 2.37. The molecule has 8 nitrogen and oxygen atoms in total. The van der Waals surface area contributed by atoms with Crippen LogP contribution in [0, 0.1) is 11.3 Å². The van der Waals surface area contributed by atoms with Gasteiger partial charge < -0.3 is 19.9 Å². The zero-order chi connectivity index (χ0) is 24.1. The van der Waals surface area contributed by atoms with Gasteiger partial charge in [0.1, 0.15) is 40.2 Å². The number of rotatable bonds is 9. The maximum Gasteiger partial charge on any atom is 0.339 e. The van der Waals surface area contributed by atoms with Gasteiger partial charge in [-0.05, 0) is 37.1 Å². The minimum Gasteiger partial charge on any atom is -0.495 e. The molecular formula is C25H22N4O4S. The molecule has 0 atom stereocenters. The Morgan fingerprint density at radius 2 is 2.06 bits per heavy atom. The van der Waals surface area contributed by atoms with Gasteiger partial charge in [0.15, 0.2) is 0 Å². The second-order valence-electron chi connectivity index (χ2n) is 7.27. The Labute approximate surface area is 200 Å². The number of ether oxygens (including phenoxy) is 2. The molecule has 0 aliphatic heterocycles. The van der Waals surface area contributed by atoms with Crippen LogP contribution in [0.15, 0.2) is 48.8 Å². The summed E-state index contributed by atoms with van der Waals surface area (Å²) >= 11 is 1.44.